The van der Waals surface area contributed by atoms with Gasteiger partial charge in [-0.25, -0.2) is 4.79 Å². The quantitative estimate of drug-likeness (QED) is 0.854. The first-order valence-corrected chi connectivity index (χ1v) is 6.69. The SMILES string of the molecule is CCOC(=O)C(C)(O)C1(OC)C=Cc2ccccc2C1. The summed E-state index contributed by atoms with van der Waals surface area (Å²) in [6.07, 6.45) is 4.03. The van der Waals surface area contributed by atoms with Crippen molar-refractivity contribution >= 4 is 12.0 Å². The molecule has 0 aliphatic heterocycles. The van der Waals surface area contributed by atoms with Crippen molar-refractivity contribution < 1.29 is 19.4 Å². The van der Waals surface area contributed by atoms with Crippen molar-refractivity contribution in [3.63, 3.8) is 0 Å². The van der Waals surface area contributed by atoms with Crippen molar-refractivity contribution in [2.45, 2.75) is 31.5 Å². The van der Waals surface area contributed by atoms with Crippen LogP contribution in [0, 0.1) is 0 Å². The molecule has 2 unspecified atom stereocenters. The summed E-state index contributed by atoms with van der Waals surface area (Å²) < 4.78 is 10.5. The number of rotatable bonds is 4. The smallest absolute Gasteiger partial charge is 0.341 e. The molecule has 0 saturated carbocycles. The standard InChI is InChI=1S/C16H20O4/c1-4-20-14(17)15(2,18)16(19-3)10-9-12-7-5-6-8-13(12)11-16/h5-10,18H,4,11H2,1-3H3. The fourth-order valence-electron chi connectivity index (χ4n) is 2.54. The molecule has 108 valence electrons. The summed E-state index contributed by atoms with van der Waals surface area (Å²) in [5.74, 6) is -0.675. The van der Waals surface area contributed by atoms with Crippen LogP contribution in [0.1, 0.15) is 25.0 Å². The Morgan fingerprint density at radius 2 is 2.15 bits per heavy atom. The fourth-order valence-corrected chi connectivity index (χ4v) is 2.54. The average Bonchev–Trinajstić information content (AvgIpc) is 2.46. The Balaban J connectivity index is 2.40. The van der Waals surface area contributed by atoms with Crippen LogP contribution in [0.25, 0.3) is 6.08 Å². The maximum absolute atomic E-state index is 12.1. The number of aliphatic hydroxyl groups is 1. The molecule has 0 radical (unpaired) electrons. The van der Waals surface area contributed by atoms with E-state index in [0.29, 0.717) is 6.42 Å². The van der Waals surface area contributed by atoms with Crippen LogP contribution in [-0.4, -0.2) is 36.0 Å². The molecule has 1 aliphatic carbocycles. The summed E-state index contributed by atoms with van der Waals surface area (Å²) >= 11 is 0. The first-order valence-electron chi connectivity index (χ1n) is 6.69. The Kier molecular flexibility index (Phi) is 3.97. The summed E-state index contributed by atoms with van der Waals surface area (Å²) in [6, 6.07) is 7.84. The van der Waals surface area contributed by atoms with Gasteiger partial charge in [0.2, 0.25) is 0 Å². The lowest BCUT2D eigenvalue weighted by Crippen LogP contribution is -2.59. The Bertz CT molecular complexity index is 533. The Hall–Kier alpha value is -1.65. The van der Waals surface area contributed by atoms with Gasteiger partial charge in [-0.2, -0.15) is 0 Å². The van der Waals surface area contributed by atoms with Crippen LogP contribution in [0.2, 0.25) is 0 Å². The molecule has 0 aromatic heterocycles. The molecule has 1 aromatic carbocycles. The minimum Gasteiger partial charge on any atom is -0.464 e. The van der Waals surface area contributed by atoms with Crippen LogP contribution in [0.4, 0.5) is 0 Å². The predicted molar refractivity (Wildman–Crippen MR) is 76.2 cm³/mol. The molecule has 2 rings (SSSR count). The van der Waals surface area contributed by atoms with Crippen molar-refractivity contribution in [1.29, 1.82) is 0 Å². The van der Waals surface area contributed by atoms with E-state index in [-0.39, 0.29) is 6.61 Å². The van der Waals surface area contributed by atoms with Crippen LogP contribution in [0.3, 0.4) is 0 Å². The van der Waals surface area contributed by atoms with E-state index in [2.05, 4.69) is 0 Å². The van der Waals surface area contributed by atoms with Gasteiger partial charge in [-0.1, -0.05) is 30.3 Å². The first kappa shape index (κ1) is 14.8. The lowest BCUT2D eigenvalue weighted by molar-refractivity contribution is -0.190. The van der Waals surface area contributed by atoms with E-state index in [0.717, 1.165) is 11.1 Å². The number of hydrogen-bond donors (Lipinski definition) is 1. The van der Waals surface area contributed by atoms with Crippen molar-refractivity contribution in [1.82, 2.24) is 0 Å². The average molecular weight is 276 g/mol. The molecule has 0 heterocycles. The zero-order valence-electron chi connectivity index (χ0n) is 12.1. The number of benzene rings is 1. The van der Waals surface area contributed by atoms with E-state index in [9.17, 15) is 9.90 Å². The van der Waals surface area contributed by atoms with Crippen molar-refractivity contribution in [2.24, 2.45) is 0 Å². The molecule has 0 amide bonds. The van der Waals surface area contributed by atoms with Crippen molar-refractivity contribution in [2.75, 3.05) is 13.7 Å². The van der Waals surface area contributed by atoms with E-state index in [1.54, 1.807) is 13.0 Å². The van der Waals surface area contributed by atoms with Crippen LogP contribution >= 0.6 is 0 Å². The number of hydrogen-bond acceptors (Lipinski definition) is 4. The second kappa shape index (κ2) is 5.38. The predicted octanol–water partition coefficient (Wildman–Crippen LogP) is 1.96. The van der Waals surface area contributed by atoms with Gasteiger partial charge in [0.1, 0.15) is 5.60 Å². The third kappa shape index (κ3) is 2.25. The highest BCUT2D eigenvalue weighted by atomic mass is 16.6. The van der Waals surface area contributed by atoms with Gasteiger partial charge in [0.25, 0.3) is 0 Å². The molecule has 4 nitrogen and oxygen atoms in total. The van der Waals surface area contributed by atoms with E-state index in [1.807, 2.05) is 30.3 Å². The molecule has 0 bridgehead atoms. The molecule has 1 aliphatic rings. The highest BCUT2D eigenvalue weighted by molar-refractivity contribution is 5.82. The van der Waals surface area contributed by atoms with Crippen molar-refractivity contribution in [3.8, 4) is 0 Å². The third-order valence-electron chi connectivity index (χ3n) is 3.90. The van der Waals surface area contributed by atoms with Crippen LogP contribution in [0.15, 0.2) is 30.3 Å². The molecule has 20 heavy (non-hydrogen) atoms. The minimum absolute atomic E-state index is 0.217. The molecule has 1 N–H and O–H groups in total. The maximum atomic E-state index is 12.1. The van der Waals surface area contributed by atoms with Crippen LogP contribution < -0.4 is 0 Å². The number of methoxy groups -OCH3 is 1. The van der Waals surface area contributed by atoms with Gasteiger partial charge >= 0.3 is 5.97 Å². The molecule has 2 atom stereocenters. The number of carbonyl (C=O) groups excluding carboxylic acids is 1. The lowest BCUT2D eigenvalue weighted by Gasteiger charge is -2.42. The van der Waals surface area contributed by atoms with Gasteiger partial charge in [0, 0.05) is 13.5 Å². The molecule has 0 spiro atoms. The zero-order chi connectivity index (χ0) is 14.8. The monoisotopic (exact) mass is 276 g/mol. The van der Waals surface area contributed by atoms with Crippen LogP contribution in [0.5, 0.6) is 0 Å². The number of esters is 1. The fraction of sp³-hybridized carbons (Fsp3) is 0.438. The molecule has 4 heteroatoms. The van der Waals surface area contributed by atoms with Gasteiger partial charge in [-0.3, -0.25) is 0 Å². The maximum Gasteiger partial charge on any atom is 0.341 e. The largest absolute Gasteiger partial charge is 0.464 e. The summed E-state index contributed by atoms with van der Waals surface area (Å²) in [5.41, 5.74) is -0.767. The normalized spacial score (nSPS) is 23.8. The Morgan fingerprint density at radius 3 is 2.80 bits per heavy atom. The summed E-state index contributed by atoms with van der Waals surface area (Å²) in [7, 11) is 1.49. The van der Waals surface area contributed by atoms with Gasteiger partial charge in [-0.05, 0) is 31.1 Å². The number of ether oxygens (including phenoxy) is 2. The minimum atomic E-state index is -1.75. The van der Waals surface area contributed by atoms with Crippen molar-refractivity contribution in [3.05, 3.63) is 41.5 Å². The highest BCUT2D eigenvalue weighted by Gasteiger charge is 2.53. The topological polar surface area (TPSA) is 55.8 Å². The Labute approximate surface area is 119 Å². The lowest BCUT2D eigenvalue weighted by atomic mass is 9.75. The summed E-state index contributed by atoms with van der Waals surface area (Å²) in [6.45, 7) is 3.36. The third-order valence-corrected chi connectivity index (χ3v) is 3.90. The molecular formula is C16H20O4. The van der Waals surface area contributed by atoms with Gasteiger partial charge in [-0.15, -0.1) is 0 Å². The van der Waals surface area contributed by atoms with Gasteiger partial charge in [0.05, 0.1) is 6.61 Å². The second-order valence-electron chi connectivity index (χ2n) is 5.10. The van der Waals surface area contributed by atoms with E-state index in [1.165, 1.54) is 14.0 Å². The second-order valence-corrected chi connectivity index (χ2v) is 5.10. The molecule has 0 fully saturated rings. The summed E-state index contributed by atoms with van der Waals surface area (Å²) in [4.78, 5) is 12.1. The number of carbonyl (C=O) groups is 1. The first-order chi connectivity index (χ1) is 9.47. The van der Waals surface area contributed by atoms with Crippen LogP contribution in [-0.2, 0) is 20.7 Å². The molecular weight excluding hydrogens is 256 g/mol. The summed E-state index contributed by atoms with van der Waals surface area (Å²) in [5, 5.41) is 10.7. The van der Waals surface area contributed by atoms with E-state index < -0.39 is 17.2 Å². The van der Waals surface area contributed by atoms with Gasteiger partial charge < -0.3 is 14.6 Å². The molecule has 1 aromatic rings. The molecule has 0 saturated heterocycles. The Morgan fingerprint density at radius 1 is 1.45 bits per heavy atom. The highest BCUT2D eigenvalue weighted by Crippen LogP contribution is 2.37. The number of fused-ring (bicyclic) bond motifs is 1. The zero-order valence-corrected chi connectivity index (χ0v) is 12.1. The van der Waals surface area contributed by atoms with E-state index in [4.69, 9.17) is 9.47 Å². The van der Waals surface area contributed by atoms with Gasteiger partial charge in [0.15, 0.2) is 5.60 Å². The van der Waals surface area contributed by atoms with E-state index >= 15 is 0 Å².